The topological polar surface area (TPSA) is 74.2 Å². The lowest BCUT2D eigenvalue weighted by Gasteiger charge is -2.47. The Morgan fingerprint density at radius 3 is 2.62 bits per heavy atom. The highest BCUT2D eigenvalue weighted by Gasteiger charge is 2.70. The summed E-state index contributed by atoms with van der Waals surface area (Å²) in [7, 11) is 1.40. The summed E-state index contributed by atoms with van der Waals surface area (Å²) >= 11 is 0. The Bertz CT molecular complexity index is 487. The molecule has 0 radical (unpaired) electrons. The van der Waals surface area contributed by atoms with Gasteiger partial charge in [-0.2, -0.15) is 0 Å². The first-order valence-electron chi connectivity index (χ1n) is 6.54. The fraction of sp³-hybridized carbons (Fsp3) is 0.533. The lowest BCUT2D eigenvalue weighted by Crippen LogP contribution is -2.65. The van der Waals surface area contributed by atoms with Crippen molar-refractivity contribution < 1.29 is 28.8 Å². The molecule has 2 heterocycles. The third-order valence-corrected chi connectivity index (χ3v) is 4.03. The third-order valence-electron chi connectivity index (χ3n) is 4.03. The minimum atomic E-state index is -1.46. The van der Waals surface area contributed by atoms with E-state index < -0.39 is 29.7 Å². The Hall–Kier alpha value is -1.47. The van der Waals surface area contributed by atoms with Gasteiger partial charge < -0.3 is 24.1 Å². The third kappa shape index (κ3) is 2.06. The summed E-state index contributed by atoms with van der Waals surface area (Å²) in [5.74, 6) is -4.07. The minimum Gasteiger partial charge on any atom is -0.490 e. The SMILES string of the molecule is C=COC1C(O)C(C(C)=O)C2(OC)COC1(C(=C)C=C)O2. The fourth-order valence-electron chi connectivity index (χ4n) is 3.01. The average Bonchev–Trinajstić information content (AvgIpc) is 2.81. The number of hydrogen-bond donors (Lipinski definition) is 1. The van der Waals surface area contributed by atoms with Gasteiger partial charge in [0.25, 0.3) is 0 Å². The molecule has 2 rings (SSSR count). The van der Waals surface area contributed by atoms with Gasteiger partial charge in [-0.1, -0.05) is 25.8 Å². The molecule has 2 saturated heterocycles. The van der Waals surface area contributed by atoms with Crippen LogP contribution in [0.2, 0.25) is 0 Å². The highest BCUT2D eigenvalue weighted by molar-refractivity contribution is 5.80. The summed E-state index contributed by atoms with van der Waals surface area (Å²) in [6.45, 7) is 12.3. The predicted octanol–water partition coefficient (Wildman–Crippen LogP) is 0.923. The molecule has 6 heteroatoms. The number of rotatable bonds is 6. The van der Waals surface area contributed by atoms with Crippen LogP contribution in [0.3, 0.4) is 0 Å². The fourth-order valence-corrected chi connectivity index (χ4v) is 3.01. The van der Waals surface area contributed by atoms with Crippen molar-refractivity contribution in [1.29, 1.82) is 0 Å². The molecular weight excluding hydrogens is 276 g/mol. The number of fused-ring (bicyclic) bond motifs is 2. The minimum absolute atomic E-state index is 0.0331. The number of ketones is 1. The van der Waals surface area contributed by atoms with Gasteiger partial charge in [-0.3, -0.25) is 4.79 Å². The first-order chi connectivity index (χ1) is 9.88. The second kappa shape index (κ2) is 5.38. The Labute approximate surface area is 123 Å². The molecule has 0 spiro atoms. The maximum atomic E-state index is 12.0. The quantitative estimate of drug-likeness (QED) is 0.580. The molecule has 2 fully saturated rings. The van der Waals surface area contributed by atoms with E-state index in [4.69, 9.17) is 18.9 Å². The highest BCUT2D eigenvalue weighted by atomic mass is 16.8. The van der Waals surface area contributed by atoms with E-state index in [1.807, 2.05) is 0 Å². The lowest BCUT2D eigenvalue weighted by atomic mass is 9.80. The van der Waals surface area contributed by atoms with Crippen molar-refractivity contribution in [2.45, 2.75) is 30.7 Å². The molecule has 116 valence electrons. The van der Waals surface area contributed by atoms with Gasteiger partial charge in [0.2, 0.25) is 11.6 Å². The summed E-state index contributed by atoms with van der Waals surface area (Å²) in [4.78, 5) is 12.0. The van der Waals surface area contributed by atoms with E-state index in [-0.39, 0.29) is 12.4 Å². The standard InChI is InChI=1S/C15H20O6/c1-6-9(3)15-13(19-7-2)12(17)11(10(4)16)14(18-5,21-15)8-20-15/h6-7,11-13,17H,1-3,8H2,4-5H3. The van der Waals surface area contributed by atoms with Crippen LogP contribution < -0.4 is 0 Å². The molecule has 0 aromatic rings. The van der Waals surface area contributed by atoms with Crippen LogP contribution in [0.25, 0.3) is 0 Å². The molecule has 21 heavy (non-hydrogen) atoms. The lowest BCUT2D eigenvalue weighted by molar-refractivity contribution is -0.338. The summed E-state index contributed by atoms with van der Waals surface area (Å²) in [5, 5.41) is 10.6. The Kier molecular flexibility index (Phi) is 4.08. The van der Waals surface area contributed by atoms with Gasteiger partial charge in [0.05, 0.1) is 6.26 Å². The number of Topliss-reactive ketones (excluding diaryl/α,β-unsaturated/α-hetero) is 1. The van der Waals surface area contributed by atoms with E-state index in [1.165, 1.54) is 20.1 Å². The van der Waals surface area contributed by atoms with Crippen LogP contribution in [0, 0.1) is 5.92 Å². The van der Waals surface area contributed by atoms with Crippen molar-refractivity contribution in [2.75, 3.05) is 13.7 Å². The van der Waals surface area contributed by atoms with Crippen molar-refractivity contribution >= 4 is 5.78 Å². The van der Waals surface area contributed by atoms with E-state index in [0.29, 0.717) is 5.57 Å². The van der Waals surface area contributed by atoms with E-state index in [2.05, 4.69) is 19.7 Å². The molecule has 1 N–H and O–H groups in total. The zero-order valence-corrected chi connectivity index (χ0v) is 12.2. The van der Waals surface area contributed by atoms with Gasteiger partial charge in [0.1, 0.15) is 24.4 Å². The van der Waals surface area contributed by atoms with E-state index in [9.17, 15) is 9.90 Å². The molecule has 2 aliphatic rings. The van der Waals surface area contributed by atoms with E-state index >= 15 is 0 Å². The molecule has 5 atom stereocenters. The van der Waals surface area contributed by atoms with Crippen LogP contribution in [-0.4, -0.2) is 48.4 Å². The summed E-state index contributed by atoms with van der Waals surface area (Å²) in [5.41, 5.74) is 0.370. The Morgan fingerprint density at radius 2 is 2.14 bits per heavy atom. The second-order valence-electron chi connectivity index (χ2n) is 5.11. The van der Waals surface area contributed by atoms with Gasteiger partial charge in [-0.05, 0) is 6.92 Å². The van der Waals surface area contributed by atoms with E-state index in [1.54, 1.807) is 0 Å². The van der Waals surface area contributed by atoms with Gasteiger partial charge in [0, 0.05) is 12.7 Å². The molecule has 2 bridgehead atoms. The smallest absolute Gasteiger partial charge is 0.238 e. The van der Waals surface area contributed by atoms with Crippen molar-refractivity contribution in [2.24, 2.45) is 5.92 Å². The van der Waals surface area contributed by atoms with Crippen LogP contribution in [0.4, 0.5) is 0 Å². The number of carbonyl (C=O) groups excluding carboxylic acids is 1. The van der Waals surface area contributed by atoms with Gasteiger partial charge in [-0.25, -0.2) is 0 Å². The number of ether oxygens (including phenoxy) is 4. The van der Waals surface area contributed by atoms with E-state index in [0.717, 1.165) is 6.26 Å². The molecule has 0 amide bonds. The monoisotopic (exact) mass is 296 g/mol. The summed E-state index contributed by atoms with van der Waals surface area (Å²) in [6.07, 6.45) is 0.411. The summed E-state index contributed by atoms with van der Waals surface area (Å²) in [6, 6.07) is 0. The van der Waals surface area contributed by atoms with Crippen LogP contribution in [0.15, 0.2) is 37.6 Å². The van der Waals surface area contributed by atoms with Gasteiger partial charge in [-0.15, -0.1) is 0 Å². The van der Waals surface area contributed by atoms with Gasteiger partial charge >= 0.3 is 0 Å². The van der Waals surface area contributed by atoms with Crippen LogP contribution >= 0.6 is 0 Å². The van der Waals surface area contributed by atoms with Crippen molar-refractivity contribution in [1.82, 2.24) is 0 Å². The van der Waals surface area contributed by atoms with Crippen LogP contribution in [0.1, 0.15) is 6.92 Å². The number of hydrogen-bond acceptors (Lipinski definition) is 6. The van der Waals surface area contributed by atoms with Crippen LogP contribution in [0.5, 0.6) is 0 Å². The number of aliphatic hydroxyl groups excluding tert-OH is 1. The van der Waals surface area contributed by atoms with Crippen LogP contribution in [-0.2, 0) is 23.7 Å². The molecule has 2 aliphatic heterocycles. The zero-order valence-electron chi connectivity index (χ0n) is 12.2. The number of methoxy groups -OCH3 is 1. The molecule has 0 aromatic heterocycles. The summed E-state index contributed by atoms with van der Waals surface area (Å²) < 4.78 is 22.4. The average molecular weight is 296 g/mol. The molecular formula is C15H20O6. The number of carbonyl (C=O) groups is 1. The Balaban J connectivity index is 2.55. The highest BCUT2D eigenvalue weighted by Crippen LogP contribution is 2.51. The first kappa shape index (κ1) is 15.9. The van der Waals surface area contributed by atoms with Gasteiger partial charge in [0.15, 0.2) is 6.10 Å². The maximum Gasteiger partial charge on any atom is 0.238 e. The molecule has 5 unspecified atom stereocenters. The molecule has 0 saturated carbocycles. The second-order valence-corrected chi connectivity index (χ2v) is 5.11. The maximum absolute atomic E-state index is 12.0. The largest absolute Gasteiger partial charge is 0.490 e. The zero-order chi connectivity index (χ0) is 15.8. The molecule has 0 aromatic carbocycles. The molecule has 0 aliphatic carbocycles. The predicted molar refractivity (Wildman–Crippen MR) is 74.1 cm³/mol. The van der Waals surface area contributed by atoms with Crippen molar-refractivity contribution in [3.8, 4) is 0 Å². The Morgan fingerprint density at radius 1 is 1.48 bits per heavy atom. The first-order valence-corrected chi connectivity index (χ1v) is 6.54. The van der Waals surface area contributed by atoms with Crippen molar-refractivity contribution in [3.05, 3.63) is 37.6 Å². The molecule has 6 nitrogen and oxygen atoms in total. The number of aliphatic hydroxyl groups is 1. The normalized spacial score (nSPS) is 41.4. The van der Waals surface area contributed by atoms with Crippen molar-refractivity contribution in [3.63, 3.8) is 0 Å².